The summed E-state index contributed by atoms with van der Waals surface area (Å²) in [6, 6.07) is 14.4. The summed E-state index contributed by atoms with van der Waals surface area (Å²) in [5.74, 6) is -0.0948. The van der Waals surface area contributed by atoms with Gasteiger partial charge in [0.05, 0.1) is 11.3 Å². The number of nitrogens with one attached hydrogen (secondary N) is 2. The highest BCUT2D eigenvalue weighted by Gasteiger charge is 2.33. The Labute approximate surface area is 210 Å². The number of aromatic nitrogens is 3. The van der Waals surface area contributed by atoms with Gasteiger partial charge in [0.1, 0.15) is 11.6 Å². The van der Waals surface area contributed by atoms with E-state index in [9.17, 15) is 23.2 Å². The van der Waals surface area contributed by atoms with E-state index in [2.05, 4.69) is 21.7 Å². The molecule has 0 unspecified atom stereocenters. The van der Waals surface area contributed by atoms with E-state index in [1.54, 1.807) is 35.0 Å². The van der Waals surface area contributed by atoms with Crippen LogP contribution >= 0.6 is 0 Å². The molecule has 37 heavy (non-hydrogen) atoms. The number of hydrogen-bond donors (Lipinski definition) is 2. The Balaban J connectivity index is 1.48. The first-order chi connectivity index (χ1) is 17.8. The van der Waals surface area contributed by atoms with Crippen molar-refractivity contribution in [3.63, 3.8) is 0 Å². The molecule has 0 radical (unpaired) electrons. The summed E-state index contributed by atoms with van der Waals surface area (Å²) in [5.41, 5.74) is 1.63. The average Bonchev–Trinajstić information content (AvgIpc) is 3.28. The van der Waals surface area contributed by atoms with Gasteiger partial charge in [0, 0.05) is 49.2 Å². The normalized spacial score (nSPS) is 14.0. The van der Waals surface area contributed by atoms with Gasteiger partial charge in [-0.3, -0.25) is 4.79 Å². The van der Waals surface area contributed by atoms with Gasteiger partial charge in [-0.25, -0.2) is 9.50 Å². The molecule has 5 rings (SSSR count). The molecule has 1 aliphatic rings. The Morgan fingerprint density at radius 2 is 1.92 bits per heavy atom. The third-order valence-electron chi connectivity index (χ3n) is 6.25. The van der Waals surface area contributed by atoms with Crippen LogP contribution in [0.15, 0.2) is 54.7 Å². The van der Waals surface area contributed by atoms with Gasteiger partial charge in [-0.15, -0.1) is 5.10 Å². The van der Waals surface area contributed by atoms with Crippen molar-refractivity contribution in [2.75, 3.05) is 36.4 Å². The predicted molar refractivity (Wildman–Crippen MR) is 132 cm³/mol. The molecule has 1 aliphatic heterocycles. The number of carbonyl (C=O) groups is 1. The smallest absolute Gasteiger partial charge is 0.351 e. The van der Waals surface area contributed by atoms with Crippen molar-refractivity contribution in [3.8, 4) is 17.3 Å². The number of fused-ring (bicyclic) bond motifs is 1. The van der Waals surface area contributed by atoms with Crippen molar-refractivity contribution in [1.29, 1.82) is 5.26 Å². The van der Waals surface area contributed by atoms with Crippen molar-refractivity contribution in [2.45, 2.75) is 13.1 Å². The number of nitriles is 1. The lowest BCUT2D eigenvalue weighted by Crippen LogP contribution is -2.44. The number of rotatable bonds is 4. The maximum Gasteiger partial charge on any atom is 0.416 e. The van der Waals surface area contributed by atoms with Crippen molar-refractivity contribution in [1.82, 2.24) is 19.9 Å². The van der Waals surface area contributed by atoms with Crippen molar-refractivity contribution >= 4 is 23.1 Å². The van der Waals surface area contributed by atoms with Crippen LogP contribution in [0, 0.1) is 18.3 Å². The monoisotopic (exact) mass is 505 g/mol. The van der Waals surface area contributed by atoms with Gasteiger partial charge in [-0.2, -0.15) is 18.4 Å². The Hall–Kier alpha value is -4.43. The molecule has 0 bridgehead atoms. The van der Waals surface area contributed by atoms with Crippen LogP contribution in [0.3, 0.4) is 0 Å². The Bertz CT molecular complexity index is 1530. The molecule has 2 aromatic heterocycles. The standard InChI is InChI=1S/C26H22F3N7O/c1-16-5-6-18(14-21(16)26(27,28)29)25(37)33-19-4-2-3-17(13-19)22-7-8-32-23-20(15-30)24(34-36(22)23)35-11-9-31-10-12-35/h2-8,13-14,31H,9-12H2,1H3,(H,33,37). The largest absolute Gasteiger partial charge is 0.416 e. The fourth-order valence-corrected chi connectivity index (χ4v) is 4.38. The van der Waals surface area contributed by atoms with Gasteiger partial charge in [0.15, 0.2) is 11.5 Å². The fraction of sp³-hybridized carbons (Fsp3) is 0.231. The van der Waals surface area contributed by atoms with Crippen LogP contribution in [0.2, 0.25) is 0 Å². The highest BCUT2D eigenvalue weighted by atomic mass is 19.4. The molecule has 3 heterocycles. The molecule has 0 atom stereocenters. The van der Waals surface area contributed by atoms with Crippen molar-refractivity contribution < 1.29 is 18.0 Å². The van der Waals surface area contributed by atoms with Gasteiger partial charge in [0.25, 0.3) is 5.91 Å². The lowest BCUT2D eigenvalue weighted by atomic mass is 10.0. The lowest BCUT2D eigenvalue weighted by molar-refractivity contribution is -0.138. The number of piperazine rings is 1. The topological polar surface area (TPSA) is 98.3 Å². The van der Waals surface area contributed by atoms with E-state index in [0.717, 1.165) is 19.2 Å². The van der Waals surface area contributed by atoms with Gasteiger partial charge in [-0.05, 0) is 42.8 Å². The van der Waals surface area contributed by atoms with E-state index in [1.807, 2.05) is 11.0 Å². The van der Waals surface area contributed by atoms with Crippen LogP contribution in [-0.2, 0) is 6.18 Å². The van der Waals surface area contributed by atoms with Crippen molar-refractivity contribution in [2.24, 2.45) is 0 Å². The summed E-state index contributed by atoms with van der Waals surface area (Å²) in [5, 5.41) is 20.5. The zero-order valence-electron chi connectivity index (χ0n) is 19.8. The van der Waals surface area contributed by atoms with Crippen LogP contribution in [0.4, 0.5) is 24.7 Å². The van der Waals surface area contributed by atoms with Crippen LogP contribution in [0.25, 0.3) is 16.9 Å². The lowest BCUT2D eigenvalue weighted by Gasteiger charge is -2.27. The Morgan fingerprint density at radius 1 is 1.14 bits per heavy atom. The molecule has 0 saturated carbocycles. The van der Waals surface area contributed by atoms with Crippen LogP contribution in [-0.4, -0.2) is 46.7 Å². The molecule has 1 amide bonds. The average molecular weight is 506 g/mol. The molecule has 2 aromatic carbocycles. The number of amides is 1. The second kappa shape index (κ2) is 9.55. The number of aryl methyl sites for hydroxylation is 1. The summed E-state index contributed by atoms with van der Waals surface area (Å²) < 4.78 is 41.5. The number of alkyl halides is 3. The minimum absolute atomic E-state index is 0.0453. The minimum Gasteiger partial charge on any atom is -0.351 e. The molecule has 11 heteroatoms. The second-order valence-corrected chi connectivity index (χ2v) is 8.68. The second-order valence-electron chi connectivity index (χ2n) is 8.68. The number of anilines is 2. The van der Waals surface area contributed by atoms with Gasteiger partial charge < -0.3 is 15.5 Å². The first-order valence-electron chi connectivity index (χ1n) is 11.6. The maximum atomic E-state index is 13.3. The van der Waals surface area contributed by atoms with Gasteiger partial charge in [0.2, 0.25) is 0 Å². The first kappa shape index (κ1) is 24.3. The van der Waals surface area contributed by atoms with E-state index in [-0.39, 0.29) is 11.1 Å². The minimum atomic E-state index is -4.55. The fourth-order valence-electron chi connectivity index (χ4n) is 4.38. The number of hydrogen-bond acceptors (Lipinski definition) is 6. The molecule has 4 aromatic rings. The molecule has 0 spiro atoms. The summed E-state index contributed by atoms with van der Waals surface area (Å²) in [6.45, 7) is 4.34. The number of halogens is 3. The van der Waals surface area contributed by atoms with E-state index in [4.69, 9.17) is 5.10 Å². The van der Waals surface area contributed by atoms with Crippen LogP contribution in [0.1, 0.15) is 27.0 Å². The molecule has 0 aliphatic carbocycles. The summed E-state index contributed by atoms with van der Waals surface area (Å²) in [4.78, 5) is 19.2. The molecule has 1 saturated heterocycles. The summed E-state index contributed by atoms with van der Waals surface area (Å²) in [6.07, 6.45) is -2.96. The molecular formula is C26H22F3N7O. The number of nitrogens with zero attached hydrogens (tertiary/aromatic N) is 5. The zero-order chi connectivity index (χ0) is 26.2. The quantitative estimate of drug-likeness (QED) is 0.430. The highest BCUT2D eigenvalue weighted by molar-refractivity contribution is 6.04. The maximum absolute atomic E-state index is 13.3. The molecular weight excluding hydrogens is 483 g/mol. The molecule has 188 valence electrons. The SMILES string of the molecule is Cc1ccc(C(=O)Nc2cccc(-c3ccnc4c(C#N)c(N5CCNCC5)nn34)c2)cc1C(F)(F)F. The molecule has 2 N–H and O–H groups in total. The molecule has 8 nitrogen and oxygen atoms in total. The highest BCUT2D eigenvalue weighted by Crippen LogP contribution is 2.33. The Morgan fingerprint density at radius 3 is 2.65 bits per heavy atom. The number of carbonyl (C=O) groups excluding carboxylic acids is 1. The van der Waals surface area contributed by atoms with E-state index < -0.39 is 17.6 Å². The summed E-state index contributed by atoms with van der Waals surface area (Å²) in [7, 11) is 0. The predicted octanol–water partition coefficient (Wildman–Crippen LogP) is 4.26. The van der Waals surface area contributed by atoms with Crippen LogP contribution in [0.5, 0.6) is 0 Å². The first-order valence-corrected chi connectivity index (χ1v) is 11.6. The molecule has 1 fully saturated rings. The third kappa shape index (κ3) is 4.71. The van der Waals surface area contributed by atoms with E-state index in [0.29, 0.717) is 47.1 Å². The summed E-state index contributed by atoms with van der Waals surface area (Å²) >= 11 is 0. The van der Waals surface area contributed by atoms with Crippen molar-refractivity contribution in [3.05, 3.63) is 77.0 Å². The zero-order valence-corrected chi connectivity index (χ0v) is 19.8. The van der Waals surface area contributed by atoms with Gasteiger partial charge >= 0.3 is 6.18 Å². The number of benzene rings is 2. The van der Waals surface area contributed by atoms with E-state index >= 15 is 0 Å². The van der Waals surface area contributed by atoms with E-state index in [1.165, 1.54) is 19.1 Å². The Kier molecular flexibility index (Phi) is 6.27. The van der Waals surface area contributed by atoms with Gasteiger partial charge in [-0.1, -0.05) is 18.2 Å². The third-order valence-corrected chi connectivity index (χ3v) is 6.25. The van der Waals surface area contributed by atoms with Crippen LogP contribution < -0.4 is 15.5 Å².